The molecule has 2 N–H and O–H groups in total. The summed E-state index contributed by atoms with van der Waals surface area (Å²) in [6, 6.07) is 15.5. The molecular weight excluding hydrogens is 478 g/mol. The Morgan fingerprint density at radius 2 is 1.95 bits per heavy atom. The molecule has 0 bridgehead atoms. The Labute approximate surface area is 217 Å². The number of H-pyrrole nitrogens is 1. The fourth-order valence-electron chi connectivity index (χ4n) is 4.39. The van der Waals surface area contributed by atoms with Crippen molar-refractivity contribution in [2.75, 3.05) is 13.2 Å². The Morgan fingerprint density at radius 1 is 1.11 bits per heavy atom. The number of imidazole rings is 1. The lowest BCUT2D eigenvalue weighted by atomic mass is 9.97. The van der Waals surface area contributed by atoms with E-state index in [1.807, 2.05) is 47.4 Å². The number of aliphatic hydroxyl groups excluding tert-OH is 1. The number of ether oxygens (including phenoxy) is 1. The maximum Gasteiger partial charge on any atom is 0.159 e. The second-order valence-electron chi connectivity index (χ2n) is 10.5. The zero-order valence-electron chi connectivity index (χ0n) is 21.8. The van der Waals surface area contributed by atoms with E-state index >= 15 is 0 Å². The molecule has 7 nitrogen and oxygen atoms in total. The zero-order valence-corrected chi connectivity index (χ0v) is 22.8. The molecule has 190 valence electrons. The smallest absolute Gasteiger partial charge is 0.159 e. The monoisotopic (exact) mass is 511 g/mol. The lowest BCUT2D eigenvalue weighted by molar-refractivity contribution is 0.0818. The van der Waals surface area contributed by atoms with E-state index in [0.29, 0.717) is 6.73 Å². The molecule has 0 aliphatic carbocycles. The second kappa shape index (κ2) is 10.4. The number of fused-ring (bicyclic) bond motifs is 2. The van der Waals surface area contributed by atoms with Crippen molar-refractivity contribution in [3.63, 3.8) is 0 Å². The molecule has 0 spiro atoms. The molecule has 0 saturated heterocycles. The van der Waals surface area contributed by atoms with Crippen molar-refractivity contribution in [1.29, 1.82) is 0 Å². The summed E-state index contributed by atoms with van der Waals surface area (Å²) in [5.74, 6) is 0.735. The van der Waals surface area contributed by atoms with Gasteiger partial charge in [-0.15, -0.1) is 0 Å². The summed E-state index contributed by atoms with van der Waals surface area (Å²) in [5, 5.41) is 15.2. The summed E-state index contributed by atoms with van der Waals surface area (Å²) in [7, 11) is -1.17. The highest BCUT2D eigenvalue weighted by Gasteiger charge is 2.18. The van der Waals surface area contributed by atoms with Crippen LogP contribution in [0.5, 0.6) is 0 Å². The molecule has 37 heavy (non-hydrogen) atoms. The molecule has 0 aliphatic heterocycles. The highest BCUT2D eigenvalue weighted by Crippen LogP contribution is 2.33. The van der Waals surface area contributed by atoms with Crippen LogP contribution < -0.4 is 0 Å². The van der Waals surface area contributed by atoms with Crippen LogP contribution in [0.3, 0.4) is 0 Å². The first-order chi connectivity index (χ1) is 17.8. The number of para-hydroxylation sites is 2. The first kappa shape index (κ1) is 25.1. The van der Waals surface area contributed by atoms with Crippen LogP contribution in [-0.2, 0) is 11.5 Å². The van der Waals surface area contributed by atoms with E-state index in [4.69, 9.17) is 14.8 Å². The van der Waals surface area contributed by atoms with Crippen molar-refractivity contribution in [3.8, 4) is 22.6 Å². The van der Waals surface area contributed by atoms with E-state index in [2.05, 4.69) is 54.7 Å². The highest BCUT2D eigenvalue weighted by atomic mass is 28.3. The second-order valence-corrected chi connectivity index (χ2v) is 16.1. The van der Waals surface area contributed by atoms with Crippen LogP contribution in [0.25, 0.3) is 50.7 Å². The van der Waals surface area contributed by atoms with E-state index in [9.17, 15) is 5.11 Å². The topological polar surface area (TPSA) is 88.9 Å². The molecular formula is C29H33N5O2Si. The average Bonchev–Trinajstić information content (AvgIpc) is 3.46. The third kappa shape index (κ3) is 5.41. The molecule has 0 atom stereocenters. The molecule has 0 fully saturated rings. The van der Waals surface area contributed by atoms with Crippen LogP contribution >= 0.6 is 0 Å². The van der Waals surface area contributed by atoms with E-state index in [1.165, 1.54) is 0 Å². The van der Waals surface area contributed by atoms with E-state index < -0.39 is 8.07 Å². The molecule has 0 aliphatic rings. The molecule has 2 aromatic carbocycles. The third-order valence-electron chi connectivity index (χ3n) is 6.54. The summed E-state index contributed by atoms with van der Waals surface area (Å²) >= 11 is 0. The van der Waals surface area contributed by atoms with Crippen LogP contribution in [0, 0.1) is 6.92 Å². The van der Waals surface area contributed by atoms with Crippen molar-refractivity contribution < 1.29 is 9.84 Å². The summed E-state index contributed by atoms with van der Waals surface area (Å²) in [6.07, 6.45) is 7.33. The van der Waals surface area contributed by atoms with Gasteiger partial charge in [-0.3, -0.25) is 4.98 Å². The van der Waals surface area contributed by atoms with Crippen molar-refractivity contribution in [2.45, 2.75) is 39.3 Å². The predicted molar refractivity (Wildman–Crippen MR) is 153 cm³/mol. The number of hydrogen-bond acceptors (Lipinski definition) is 5. The number of aliphatic hydroxyl groups is 1. The van der Waals surface area contributed by atoms with Crippen LogP contribution in [0.1, 0.15) is 11.1 Å². The average molecular weight is 512 g/mol. The number of hydrogen-bond donors (Lipinski definition) is 2. The number of rotatable bonds is 9. The van der Waals surface area contributed by atoms with Gasteiger partial charge in [0.05, 0.1) is 23.2 Å². The Balaban J connectivity index is 1.59. The summed E-state index contributed by atoms with van der Waals surface area (Å²) < 4.78 is 7.99. The molecule has 3 aromatic heterocycles. The highest BCUT2D eigenvalue weighted by molar-refractivity contribution is 6.76. The van der Waals surface area contributed by atoms with Crippen LogP contribution in [0.15, 0.2) is 60.9 Å². The van der Waals surface area contributed by atoms with Gasteiger partial charge >= 0.3 is 0 Å². The first-order valence-corrected chi connectivity index (χ1v) is 16.3. The van der Waals surface area contributed by atoms with Gasteiger partial charge in [-0.05, 0) is 53.9 Å². The Kier molecular flexibility index (Phi) is 7.06. The van der Waals surface area contributed by atoms with Gasteiger partial charge in [-0.1, -0.05) is 50.0 Å². The lowest BCUT2D eigenvalue weighted by Gasteiger charge is -2.15. The predicted octanol–water partition coefficient (Wildman–Crippen LogP) is 6.27. The SMILES string of the molecule is Cc1c(C=CCO)cncc1-c1ccc2c(c1)c(-c1nc3ccccc3[nH]1)nn2COCC[Si](C)(C)C. The fourth-order valence-corrected chi connectivity index (χ4v) is 5.15. The molecule has 5 rings (SSSR count). The van der Waals surface area contributed by atoms with Gasteiger partial charge in [-0.2, -0.15) is 5.10 Å². The minimum Gasteiger partial charge on any atom is -0.392 e. The van der Waals surface area contributed by atoms with Gasteiger partial charge < -0.3 is 14.8 Å². The maximum atomic E-state index is 9.20. The number of benzene rings is 2. The first-order valence-electron chi connectivity index (χ1n) is 12.6. The van der Waals surface area contributed by atoms with Gasteiger partial charge in [0.25, 0.3) is 0 Å². The van der Waals surface area contributed by atoms with E-state index in [0.717, 1.165) is 68.4 Å². The molecule has 3 heterocycles. The number of nitrogens with one attached hydrogen (secondary N) is 1. The normalized spacial score (nSPS) is 12.4. The van der Waals surface area contributed by atoms with E-state index in [-0.39, 0.29) is 6.61 Å². The van der Waals surface area contributed by atoms with Crippen LogP contribution in [-0.4, -0.2) is 51.1 Å². The van der Waals surface area contributed by atoms with Crippen LogP contribution in [0.4, 0.5) is 0 Å². The number of pyridine rings is 1. The minimum atomic E-state index is -1.17. The quantitative estimate of drug-likeness (QED) is 0.180. The Morgan fingerprint density at radius 3 is 2.73 bits per heavy atom. The Bertz CT molecular complexity index is 1550. The van der Waals surface area contributed by atoms with Gasteiger partial charge in [0, 0.05) is 38.0 Å². The third-order valence-corrected chi connectivity index (χ3v) is 8.25. The molecule has 5 aromatic rings. The summed E-state index contributed by atoms with van der Waals surface area (Å²) in [4.78, 5) is 12.7. The lowest BCUT2D eigenvalue weighted by Crippen LogP contribution is -2.22. The number of aromatic amines is 1. The van der Waals surface area contributed by atoms with Gasteiger partial charge in [0.15, 0.2) is 5.82 Å². The molecule has 0 radical (unpaired) electrons. The van der Waals surface area contributed by atoms with Gasteiger partial charge in [0.1, 0.15) is 12.4 Å². The zero-order chi connectivity index (χ0) is 26.0. The fraction of sp³-hybridized carbons (Fsp3) is 0.276. The number of aromatic nitrogens is 5. The van der Waals surface area contributed by atoms with Gasteiger partial charge in [-0.25, -0.2) is 9.67 Å². The molecule has 0 saturated carbocycles. The van der Waals surface area contributed by atoms with Gasteiger partial charge in [0.2, 0.25) is 0 Å². The summed E-state index contributed by atoms with van der Waals surface area (Å²) in [5.41, 5.74) is 7.85. The van der Waals surface area contributed by atoms with Crippen molar-refractivity contribution in [3.05, 3.63) is 72.1 Å². The van der Waals surface area contributed by atoms with Crippen molar-refractivity contribution in [2.24, 2.45) is 0 Å². The maximum absolute atomic E-state index is 9.20. The Hall–Kier alpha value is -3.59. The van der Waals surface area contributed by atoms with Crippen molar-refractivity contribution >= 4 is 36.1 Å². The standard InChI is InChI=1S/C29H33N5O2Si/c1-20-22(8-7-13-35)17-30-18-24(20)21-11-12-27-23(16-21)28(29-31-25-9-5-6-10-26(25)32-29)33-34(27)19-36-14-15-37(2,3)4/h5-12,16-18,35H,13-15,19H2,1-4H3,(H,31,32). The molecule has 0 unspecified atom stereocenters. The largest absolute Gasteiger partial charge is 0.392 e. The molecule has 8 heteroatoms. The van der Waals surface area contributed by atoms with Crippen LogP contribution in [0.2, 0.25) is 25.7 Å². The number of nitrogens with zero attached hydrogens (tertiary/aromatic N) is 4. The molecule has 0 amide bonds. The van der Waals surface area contributed by atoms with E-state index in [1.54, 1.807) is 6.08 Å². The van der Waals surface area contributed by atoms with Crippen molar-refractivity contribution in [1.82, 2.24) is 24.7 Å². The summed E-state index contributed by atoms with van der Waals surface area (Å²) in [6.45, 7) is 10.3. The minimum absolute atomic E-state index is 0.00428.